The van der Waals surface area contributed by atoms with Crippen LogP contribution in [0.3, 0.4) is 0 Å². The molecule has 2 aromatic carbocycles. The molecule has 0 saturated carbocycles. The molecule has 3 aromatic rings. The van der Waals surface area contributed by atoms with Crippen LogP contribution in [0.4, 0.5) is 13.2 Å². The third-order valence-corrected chi connectivity index (χ3v) is 5.55. The zero-order valence-electron chi connectivity index (χ0n) is 13.5. The number of rotatable bonds is 3. The maximum atomic E-state index is 13.0. The molecule has 0 bridgehead atoms. The Balaban J connectivity index is 2.26. The lowest BCUT2D eigenvalue weighted by Gasteiger charge is -2.13. The Morgan fingerprint density at radius 1 is 1.20 bits per heavy atom. The maximum Gasteiger partial charge on any atom is 0.416 e. The molecular formula is C17H15F3N2OS2. The smallest absolute Gasteiger partial charge is 0.327 e. The number of hydrogen-bond acceptors (Lipinski definition) is 3. The van der Waals surface area contributed by atoms with Gasteiger partial charge in [-0.2, -0.15) is 13.2 Å². The van der Waals surface area contributed by atoms with Crippen LogP contribution in [0.2, 0.25) is 0 Å². The van der Waals surface area contributed by atoms with Crippen molar-refractivity contribution in [1.29, 1.82) is 0 Å². The summed E-state index contributed by atoms with van der Waals surface area (Å²) in [5.74, 6) is 0.693. The van der Waals surface area contributed by atoms with Crippen LogP contribution < -0.4 is 0 Å². The molecule has 0 N–H and O–H groups in total. The van der Waals surface area contributed by atoms with E-state index in [-0.39, 0.29) is 10.6 Å². The average molecular weight is 384 g/mol. The molecule has 132 valence electrons. The van der Waals surface area contributed by atoms with E-state index in [1.165, 1.54) is 6.07 Å². The van der Waals surface area contributed by atoms with Crippen molar-refractivity contribution >= 4 is 34.5 Å². The van der Waals surface area contributed by atoms with Crippen molar-refractivity contribution in [2.24, 2.45) is 7.05 Å². The molecule has 0 aliphatic carbocycles. The molecule has 1 aromatic heterocycles. The number of alkyl halides is 3. The van der Waals surface area contributed by atoms with E-state index in [2.05, 4.69) is 17.6 Å². The lowest BCUT2D eigenvalue weighted by atomic mass is 10.1. The summed E-state index contributed by atoms with van der Waals surface area (Å²) < 4.78 is 53.2. The minimum Gasteiger partial charge on any atom is -0.327 e. The van der Waals surface area contributed by atoms with Crippen LogP contribution in [0, 0.1) is 0 Å². The van der Waals surface area contributed by atoms with Crippen LogP contribution in [0.25, 0.3) is 22.4 Å². The molecule has 1 unspecified atom stereocenters. The number of halogens is 3. The lowest BCUT2D eigenvalue weighted by molar-refractivity contribution is -0.137. The van der Waals surface area contributed by atoms with Gasteiger partial charge in [0.1, 0.15) is 5.82 Å². The van der Waals surface area contributed by atoms with E-state index < -0.39 is 22.5 Å². The molecule has 1 atom stereocenters. The van der Waals surface area contributed by atoms with Gasteiger partial charge < -0.3 is 4.57 Å². The first-order valence-electron chi connectivity index (χ1n) is 7.47. The number of aromatic nitrogens is 2. The second-order valence-electron chi connectivity index (χ2n) is 5.51. The highest BCUT2D eigenvalue weighted by Gasteiger charge is 2.32. The zero-order valence-corrected chi connectivity index (χ0v) is 15.2. The fraction of sp³-hybridized carbons (Fsp3) is 0.235. The molecule has 0 aliphatic heterocycles. The Labute approximate surface area is 150 Å². The SMILES string of the molecule is CCS(=O)c1cc(C(F)(F)F)ccc1-c1nc2cc(S)ccc2n1C. The van der Waals surface area contributed by atoms with Crippen LogP contribution in [0.5, 0.6) is 0 Å². The molecule has 8 heteroatoms. The van der Waals surface area contributed by atoms with E-state index >= 15 is 0 Å². The fourth-order valence-electron chi connectivity index (χ4n) is 2.66. The van der Waals surface area contributed by atoms with Gasteiger partial charge >= 0.3 is 6.18 Å². The van der Waals surface area contributed by atoms with E-state index in [9.17, 15) is 17.4 Å². The second kappa shape index (κ2) is 6.49. The summed E-state index contributed by atoms with van der Waals surface area (Å²) in [6.45, 7) is 1.67. The van der Waals surface area contributed by atoms with Gasteiger partial charge in [-0.1, -0.05) is 6.92 Å². The number of hydrogen-bond donors (Lipinski definition) is 1. The number of nitrogens with zero attached hydrogens (tertiary/aromatic N) is 2. The van der Waals surface area contributed by atoms with Gasteiger partial charge in [0.25, 0.3) is 0 Å². The largest absolute Gasteiger partial charge is 0.416 e. The highest BCUT2D eigenvalue weighted by atomic mass is 32.2. The molecule has 0 spiro atoms. The number of benzene rings is 2. The van der Waals surface area contributed by atoms with Gasteiger partial charge in [-0.15, -0.1) is 12.6 Å². The monoisotopic (exact) mass is 384 g/mol. The third-order valence-electron chi connectivity index (χ3n) is 3.92. The third kappa shape index (κ3) is 3.32. The Hall–Kier alpha value is -1.80. The van der Waals surface area contributed by atoms with E-state index in [1.54, 1.807) is 24.6 Å². The Bertz CT molecular complexity index is 980. The molecule has 3 nitrogen and oxygen atoms in total. The maximum absolute atomic E-state index is 13.0. The summed E-state index contributed by atoms with van der Waals surface area (Å²) in [6, 6.07) is 8.73. The van der Waals surface area contributed by atoms with Gasteiger partial charge in [0.05, 0.1) is 32.3 Å². The lowest BCUT2D eigenvalue weighted by Crippen LogP contribution is -2.08. The van der Waals surface area contributed by atoms with Crippen LogP contribution in [-0.2, 0) is 24.0 Å². The van der Waals surface area contributed by atoms with E-state index in [1.807, 2.05) is 12.1 Å². The molecule has 3 rings (SSSR count). The number of imidazole rings is 1. The van der Waals surface area contributed by atoms with Crippen LogP contribution >= 0.6 is 12.6 Å². The average Bonchev–Trinajstić information content (AvgIpc) is 2.88. The highest BCUT2D eigenvalue weighted by Crippen LogP contribution is 2.35. The van der Waals surface area contributed by atoms with Crippen molar-refractivity contribution in [2.45, 2.75) is 22.9 Å². The second-order valence-corrected chi connectivity index (χ2v) is 7.73. The molecule has 0 amide bonds. The molecule has 0 aliphatic rings. The normalized spacial score (nSPS) is 13.4. The molecule has 0 fully saturated rings. The molecular weight excluding hydrogens is 369 g/mol. The van der Waals surface area contributed by atoms with Gasteiger partial charge in [-0.25, -0.2) is 4.98 Å². The summed E-state index contributed by atoms with van der Waals surface area (Å²) in [6.07, 6.45) is -4.49. The predicted molar refractivity (Wildman–Crippen MR) is 95.4 cm³/mol. The summed E-state index contributed by atoms with van der Waals surface area (Å²) in [5.41, 5.74) is 1.12. The van der Waals surface area contributed by atoms with E-state index in [0.29, 0.717) is 16.9 Å². The minimum absolute atomic E-state index is 0.141. The summed E-state index contributed by atoms with van der Waals surface area (Å²) in [4.78, 5) is 5.39. The first-order chi connectivity index (χ1) is 11.7. The topological polar surface area (TPSA) is 34.9 Å². The molecule has 0 saturated heterocycles. The van der Waals surface area contributed by atoms with Crippen molar-refractivity contribution in [1.82, 2.24) is 9.55 Å². The van der Waals surface area contributed by atoms with Crippen molar-refractivity contribution in [3.05, 3.63) is 42.0 Å². The zero-order chi connectivity index (χ0) is 18.4. The quantitative estimate of drug-likeness (QED) is 0.666. The Morgan fingerprint density at radius 3 is 2.56 bits per heavy atom. The van der Waals surface area contributed by atoms with Gasteiger partial charge in [0.15, 0.2) is 0 Å². The summed E-state index contributed by atoms with van der Waals surface area (Å²) in [7, 11) is 0.227. The van der Waals surface area contributed by atoms with Gasteiger partial charge in [0.2, 0.25) is 0 Å². The Morgan fingerprint density at radius 2 is 1.92 bits per heavy atom. The van der Waals surface area contributed by atoms with Crippen LogP contribution in [0.15, 0.2) is 46.2 Å². The minimum atomic E-state index is -4.49. The van der Waals surface area contributed by atoms with E-state index in [4.69, 9.17) is 0 Å². The molecule has 1 heterocycles. The Kier molecular flexibility index (Phi) is 4.68. The van der Waals surface area contributed by atoms with Crippen molar-refractivity contribution in [2.75, 3.05) is 5.75 Å². The van der Waals surface area contributed by atoms with Crippen LogP contribution in [0.1, 0.15) is 12.5 Å². The molecule has 25 heavy (non-hydrogen) atoms. The first-order valence-corrected chi connectivity index (χ1v) is 9.24. The van der Waals surface area contributed by atoms with Crippen molar-refractivity contribution in [3.8, 4) is 11.4 Å². The fourth-order valence-corrected chi connectivity index (χ4v) is 3.83. The summed E-state index contributed by atoms with van der Waals surface area (Å²) in [5, 5.41) is 0. The number of fused-ring (bicyclic) bond motifs is 1. The van der Waals surface area contributed by atoms with E-state index in [0.717, 1.165) is 22.5 Å². The van der Waals surface area contributed by atoms with Crippen molar-refractivity contribution < 1.29 is 17.4 Å². The summed E-state index contributed by atoms with van der Waals surface area (Å²) >= 11 is 4.28. The predicted octanol–water partition coefficient (Wildman–Crippen LogP) is 4.68. The highest BCUT2D eigenvalue weighted by molar-refractivity contribution is 7.85. The molecule has 0 radical (unpaired) electrons. The van der Waals surface area contributed by atoms with Crippen LogP contribution in [-0.4, -0.2) is 19.5 Å². The standard InChI is InChI=1S/C17H15F3N2OS2/c1-3-25(23)15-8-10(17(18,19)20)4-6-12(15)16-21-13-9-11(24)5-7-14(13)22(16)2/h4-9,24H,3H2,1-2H3. The number of aryl methyl sites for hydroxylation is 1. The van der Waals surface area contributed by atoms with Crippen molar-refractivity contribution in [3.63, 3.8) is 0 Å². The van der Waals surface area contributed by atoms with Gasteiger partial charge in [-0.05, 0) is 36.4 Å². The number of thiol groups is 1. The van der Waals surface area contributed by atoms with Gasteiger partial charge in [0, 0.05) is 23.3 Å². The first kappa shape index (κ1) is 18.0. The van der Waals surface area contributed by atoms with Gasteiger partial charge in [-0.3, -0.25) is 4.21 Å².